The maximum Gasteiger partial charge on any atom is 0.228 e. The number of benzene rings is 1. The third-order valence-electron chi connectivity index (χ3n) is 3.29. The van der Waals surface area contributed by atoms with Crippen LogP contribution < -0.4 is 10.6 Å². The molecule has 100 valence electrons. The molecule has 3 rings (SSSR count). The average molecular weight is 278 g/mol. The molecule has 1 amide bonds. The molecule has 1 saturated heterocycles. The molecule has 2 heterocycles. The van der Waals surface area contributed by atoms with E-state index < -0.39 is 0 Å². The highest BCUT2D eigenvalue weighted by Gasteiger charge is 2.22. The Morgan fingerprint density at radius 3 is 3.00 bits per heavy atom. The average Bonchev–Trinajstić information content (AvgIpc) is 2.92. The van der Waals surface area contributed by atoms with Crippen LogP contribution in [0.3, 0.4) is 0 Å². The van der Waals surface area contributed by atoms with E-state index in [0.29, 0.717) is 0 Å². The molecule has 0 saturated carbocycles. The Labute approximate surface area is 118 Å². The third-order valence-corrected chi connectivity index (χ3v) is 3.29. The monoisotopic (exact) mass is 277 g/mol. The van der Waals surface area contributed by atoms with Crippen molar-refractivity contribution in [3.63, 3.8) is 0 Å². The lowest BCUT2D eigenvalue weighted by Crippen LogP contribution is -2.24. The number of hydrogen-bond acceptors (Lipinski definition) is 3. The molecule has 0 radical (unpaired) electrons. The van der Waals surface area contributed by atoms with Crippen molar-refractivity contribution in [2.45, 2.75) is 6.42 Å². The Hall–Kier alpha value is -1.65. The molecule has 2 N–H and O–H groups in total. The predicted molar refractivity (Wildman–Crippen MR) is 78.6 cm³/mol. The van der Waals surface area contributed by atoms with Crippen molar-refractivity contribution in [1.82, 2.24) is 10.3 Å². The zero-order chi connectivity index (χ0) is 12.4. The SMILES string of the molecule is Cl.O=C(Nc1cnc2ccccc2c1)[C@H]1CCNC1. The number of carbonyl (C=O) groups is 1. The van der Waals surface area contributed by atoms with Gasteiger partial charge in [-0.1, -0.05) is 18.2 Å². The van der Waals surface area contributed by atoms with Crippen molar-refractivity contribution in [3.05, 3.63) is 36.5 Å². The highest BCUT2D eigenvalue weighted by molar-refractivity contribution is 5.94. The summed E-state index contributed by atoms with van der Waals surface area (Å²) < 4.78 is 0. The number of halogens is 1. The molecule has 1 fully saturated rings. The van der Waals surface area contributed by atoms with Gasteiger partial charge in [0.2, 0.25) is 5.91 Å². The topological polar surface area (TPSA) is 54.0 Å². The van der Waals surface area contributed by atoms with Crippen molar-refractivity contribution in [2.24, 2.45) is 5.92 Å². The minimum atomic E-state index is 0. The molecule has 1 aliphatic heterocycles. The number of anilines is 1. The van der Waals surface area contributed by atoms with E-state index in [-0.39, 0.29) is 24.2 Å². The molecular weight excluding hydrogens is 262 g/mol. The molecule has 1 aliphatic rings. The van der Waals surface area contributed by atoms with Crippen LogP contribution in [0.25, 0.3) is 10.9 Å². The Bertz CT molecular complexity index is 582. The molecule has 0 unspecified atom stereocenters. The Kier molecular flexibility index (Phi) is 4.35. The van der Waals surface area contributed by atoms with Crippen LogP contribution in [0.5, 0.6) is 0 Å². The fourth-order valence-electron chi connectivity index (χ4n) is 2.26. The molecule has 0 spiro atoms. The van der Waals surface area contributed by atoms with Crippen molar-refractivity contribution >= 4 is 34.9 Å². The molecule has 19 heavy (non-hydrogen) atoms. The second-order valence-corrected chi connectivity index (χ2v) is 4.60. The van der Waals surface area contributed by atoms with E-state index in [9.17, 15) is 4.79 Å². The van der Waals surface area contributed by atoms with Crippen LogP contribution in [0.2, 0.25) is 0 Å². The first-order valence-corrected chi connectivity index (χ1v) is 6.19. The van der Waals surface area contributed by atoms with Crippen LogP contribution in [0.1, 0.15) is 6.42 Å². The number of rotatable bonds is 2. The molecule has 1 aromatic heterocycles. The molecule has 1 aromatic carbocycles. The van der Waals surface area contributed by atoms with Gasteiger partial charge in [0.25, 0.3) is 0 Å². The first kappa shape index (κ1) is 13.8. The second kappa shape index (κ2) is 5.99. The largest absolute Gasteiger partial charge is 0.324 e. The molecule has 2 aromatic rings. The summed E-state index contributed by atoms with van der Waals surface area (Å²) in [5, 5.41) is 7.17. The smallest absolute Gasteiger partial charge is 0.228 e. The number of nitrogens with zero attached hydrogens (tertiary/aromatic N) is 1. The number of hydrogen-bond donors (Lipinski definition) is 2. The summed E-state index contributed by atoms with van der Waals surface area (Å²) in [6.45, 7) is 1.70. The molecule has 1 atom stereocenters. The minimum Gasteiger partial charge on any atom is -0.324 e. The predicted octanol–water partition coefficient (Wildman–Crippen LogP) is 2.20. The number of aromatic nitrogens is 1. The highest BCUT2D eigenvalue weighted by atomic mass is 35.5. The van der Waals surface area contributed by atoms with E-state index in [4.69, 9.17) is 0 Å². The summed E-state index contributed by atoms with van der Waals surface area (Å²) in [5.74, 6) is 0.161. The first-order chi connectivity index (χ1) is 8.83. The fourth-order valence-corrected chi connectivity index (χ4v) is 2.26. The van der Waals surface area contributed by atoms with Gasteiger partial charge in [0.1, 0.15) is 0 Å². The van der Waals surface area contributed by atoms with Crippen LogP contribution in [-0.4, -0.2) is 24.0 Å². The lowest BCUT2D eigenvalue weighted by Gasteiger charge is -2.10. The Morgan fingerprint density at radius 2 is 2.21 bits per heavy atom. The van der Waals surface area contributed by atoms with E-state index in [0.717, 1.165) is 36.1 Å². The molecule has 4 nitrogen and oxygen atoms in total. The lowest BCUT2D eigenvalue weighted by atomic mass is 10.1. The zero-order valence-electron chi connectivity index (χ0n) is 10.4. The number of pyridine rings is 1. The van der Waals surface area contributed by atoms with Crippen LogP contribution in [0.15, 0.2) is 36.5 Å². The number of fused-ring (bicyclic) bond motifs is 1. The summed E-state index contributed by atoms with van der Waals surface area (Å²) in [4.78, 5) is 16.3. The van der Waals surface area contributed by atoms with Gasteiger partial charge in [0.15, 0.2) is 0 Å². The molecule has 5 heteroatoms. The van der Waals surface area contributed by atoms with Gasteiger partial charge in [0.05, 0.1) is 23.3 Å². The Morgan fingerprint density at radius 1 is 1.37 bits per heavy atom. The van der Waals surface area contributed by atoms with Gasteiger partial charge in [-0.05, 0) is 25.1 Å². The van der Waals surface area contributed by atoms with E-state index in [2.05, 4.69) is 15.6 Å². The molecule has 0 aliphatic carbocycles. The maximum atomic E-state index is 12.0. The quantitative estimate of drug-likeness (QED) is 0.885. The van der Waals surface area contributed by atoms with E-state index in [1.165, 1.54) is 0 Å². The Balaban J connectivity index is 0.00000133. The number of carbonyl (C=O) groups excluding carboxylic acids is 1. The second-order valence-electron chi connectivity index (χ2n) is 4.60. The van der Waals surface area contributed by atoms with Gasteiger partial charge < -0.3 is 10.6 Å². The van der Waals surface area contributed by atoms with Gasteiger partial charge in [-0.2, -0.15) is 0 Å². The molecular formula is C14H16ClN3O. The van der Waals surface area contributed by atoms with Gasteiger partial charge in [0, 0.05) is 11.9 Å². The van der Waals surface area contributed by atoms with Crippen molar-refractivity contribution in [3.8, 4) is 0 Å². The summed E-state index contributed by atoms with van der Waals surface area (Å²) in [5.41, 5.74) is 1.71. The zero-order valence-corrected chi connectivity index (χ0v) is 11.2. The summed E-state index contributed by atoms with van der Waals surface area (Å²) in [7, 11) is 0. The highest BCUT2D eigenvalue weighted by Crippen LogP contribution is 2.17. The number of para-hydroxylation sites is 1. The standard InChI is InChI=1S/C14H15N3O.ClH/c18-14(11-5-6-15-8-11)17-12-7-10-3-1-2-4-13(10)16-9-12;/h1-4,7,9,11,15H,5-6,8H2,(H,17,18);1H/t11-;/m0./s1. The van der Waals surface area contributed by atoms with E-state index in [1.54, 1.807) is 6.20 Å². The summed E-state index contributed by atoms with van der Waals surface area (Å²) >= 11 is 0. The van der Waals surface area contributed by atoms with E-state index in [1.807, 2.05) is 30.3 Å². The summed E-state index contributed by atoms with van der Waals surface area (Å²) in [6, 6.07) is 9.84. The first-order valence-electron chi connectivity index (χ1n) is 6.19. The van der Waals surface area contributed by atoms with Crippen LogP contribution >= 0.6 is 12.4 Å². The van der Waals surface area contributed by atoms with Crippen molar-refractivity contribution in [2.75, 3.05) is 18.4 Å². The fraction of sp³-hybridized carbons (Fsp3) is 0.286. The van der Waals surface area contributed by atoms with Crippen LogP contribution in [0.4, 0.5) is 5.69 Å². The number of amides is 1. The van der Waals surface area contributed by atoms with Gasteiger partial charge >= 0.3 is 0 Å². The van der Waals surface area contributed by atoms with Crippen LogP contribution in [-0.2, 0) is 4.79 Å². The lowest BCUT2D eigenvalue weighted by molar-refractivity contribution is -0.119. The third kappa shape index (κ3) is 3.03. The maximum absolute atomic E-state index is 12.0. The van der Waals surface area contributed by atoms with Gasteiger partial charge in [-0.15, -0.1) is 12.4 Å². The minimum absolute atomic E-state index is 0. The van der Waals surface area contributed by atoms with E-state index >= 15 is 0 Å². The van der Waals surface area contributed by atoms with Crippen molar-refractivity contribution in [1.29, 1.82) is 0 Å². The summed E-state index contributed by atoms with van der Waals surface area (Å²) in [6.07, 6.45) is 2.62. The number of nitrogens with one attached hydrogen (secondary N) is 2. The van der Waals surface area contributed by atoms with Crippen molar-refractivity contribution < 1.29 is 4.79 Å². The molecule has 0 bridgehead atoms. The van der Waals surface area contributed by atoms with Gasteiger partial charge in [-0.25, -0.2) is 0 Å². The van der Waals surface area contributed by atoms with Crippen LogP contribution in [0, 0.1) is 5.92 Å². The normalized spacial score (nSPS) is 18.0. The van der Waals surface area contributed by atoms with Gasteiger partial charge in [-0.3, -0.25) is 9.78 Å².